The van der Waals surface area contributed by atoms with Gasteiger partial charge < -0.3 is 69.6 Å². The average Bonchev–Trinajstić information content (AvgIpc) is 3.13. The van der Waals surface area contributed by atoms with E-state index in [0.717, 1.165) is 16.7 Å². The van der Waals surface area contributed by atoms with Crippen molar-refractivity contribution in [2.45, 2.75) is 107 Å². The number of guanidine groups is 1. The Morgan fingerprint density at radius 1 is 0.966 bits per heavy atom. The zero-order chi connectivity index (χ0) is 43.2. The van der Waals surface area contributed by atoms with Crippen molar-refractivity contribution in [1.82, 2.24) is 31.5 Å². The Bertz CT molecular complexity index is 1640. The molecule has 0 radical (unpaired) electrons. The average molecular weight is 903 g/mol. The van der Waals surface area contributed by atoms with E-state index < -0.39 is 114 Å². The fourth-order valence-corrected chi connectivity index (χ4v) is 6.94. The number of ether oxygens (including phenoxy) is 1. The summed E-state index contributed by atoms with van der Waals surface area (Å²) < 4.78 is 5.27. The molecule has 2 rings (SSSR count). The van der Waals surface area contributed by atoms with Crippen LogP contribution in [0.25, 0.3) is 0 Å². The first kappa shape index (κ1) is 54.0. The first-order valence-corrected chi connectivity index (χ1v) is 18.7. The molecule has 59 heavy (non-hydrogen) atoms. The number of amides is 6. The third-order valence-electron chi connectivity index (χ3n) is 8.67. The molecule has 0 bridgehead atoms. The van der Waals surface area contributed by atoms with Crippen LogP contribution in [0.15, 0.2) is 16.3 Å². The van der Waals surface area contributed by atoms with E-state index >= 15 is 0 Å². The molecule has 8 unspecified atom stereocenters. The summed E-state index contributed by atoms with van der Waals surface area (Å²) in [5, 5.41) is 40.9. The number of hydrogen-bond acceptors (Lipinski definition) is 15. The van der Waals surface area contributed by atoms with E-state index in [-0.39, 0.29) is 87.2 Å². The van der Waals surface area contributed by atoms with E-state index in [1.165, 1.54) is 20.8 Å². The minimum absolute atomic E-state index is 0. The molecule has 2 aliphatic rings. The second kappa shape index (κ2) is 24.9. The predicted molar refractivity (Wildman–Crippen MR) is 214 cm³/mol. The van der Waals surface area contributed by atoms with Crippen molar-refractivity contribution < 1.29 is 63.2 Å². The fraction of sp³-hybridized carbons (Fsp3) is 0.625. The minimum Gasteiger partial charge on any atom is -0.480 e. The zero-order valence-electron chi connectivity index (χ0n) is 32.3. The molecule has 2 heterocycles. The predicted octanol–water partition coefficient (Wildman–Crippen LogP) is -4.59. The number of aliphatic imine (C=N–C) groups is 1. The number of aliphatic hydroxyl groups is 1. The number of thioether (sulfide) groups is 1. The van der Waals surface area contributed by atoms with Crippen LogP contribution >= 0.6 is 36.6 Å². The van der Waals surface area contributed by atoms with Crippen LogP contribution in [0.3, 0.4) is 0 Å². The Kier molecular flexibility index (Phi) is 22.8. The number of aliphatic carboxylic acids is 2. The van der Waals surface area contributed by atoms with Gasteiger partial charge in [-0.25, -0.2) is 4.79 Å². The van der Waals surface area contributed by atoms with Gasteiger partial charge in [0.25, 0.3) is 5.91 Å². The van der Waals surface area contributed by atoms with E-state index in [1.54, 1.807) is 0 Å². The summed E-state index contributed by atoms with van der Waals surface area (Å²) in [6, 6.07) is -5.40. The second-order valence-electron chi connectivity index (χ2n) is 13.3. The maximum atomic E-state index is 13.4. The SMILES string of the molecule is CC(N)C(=O)NC(C)C(=O)NC(C)C(=O)NC(CCCN=C(N)N)C(O)CC(=O)OCC1=C(C(=O)O)N2C(=O)C(NC=O)(NC(=O)CCCC(N)C(=O)O)C2SC1.Cl.Cl. The van der Waals surface area contributed by atoms with Gasteiger partial charge in [0.05, 0.1) is 24.6 Å². The highest BCUT2D eigenvalue weighted by atomic mass is 35.5. The van der Waals surface area contributed by atoms with Crippen molar-refractivity contribution in [3.8, 4) is 0 Å². The molecule has 24 nitrogen and oxygen atoms in total. The lowest BCUT2D eigenvalue weighted by molar-refractivity contribution is -0.162. The van der Waals surface area contributed by atoms with Gasteiger partial charge in [-0.1, -0.05) is 0 Å². The van der Waals surface area contributed by atoms with Crippen LogP contribution in [0, 0.1) is 0 Å². The van der Waals surface area contributed by atoms with Crippen LogP contribution in [-0.2, 0) is 47.9 Å². The van der Waals surface area contributed by atoms with E-state index in [0.29, 0.717) is 0 Å². The minimum atomic E-state index is -2.02. The number of nitrogens with two attached hydrogens (primary N) is 4. The van der Waals surface area contributed by atoms with Gasteiger partial charge in [0.1, 0.15) is 35.8 Å². The lowest BCUT2D eigenvalue weighted by Gasteiger charge is -2.56. The van der Waals surface area contributed by atoms with Crippen molar-refractivity contribution in [3.63, 3.8) is 0 Å². The summed E-state index contributed by atoms with van der Waals surface area (Å²) >= 11 is 0.948. The van der Waals surface area contributed by atoms with E-state index in [4.69, 9.17) is 32.8 Å². The number of carboxylic acids is 2. The number of aliphatic hydroxyl groups excluding tert-OH is 1. The summed E-state index contributed by atoms with van der Waals surface area (Å²) in [5.74, 6) is -7.99. The Labute approximate surface area is 354 Å². The lowest BCUT2D eigenvalue weighted by Crippen LogP contribution is -2.85. The molecule has 8 atom stereocenters. The number of carboxylic acid groups (broad SMARTS) is 2. The van der Waals surface area contributed by atoms with Crippen molar-refractivity contribution in [2.24, 2.45) is 27.9 Å². The third kappa shape index (κ3) is 15.3. The number of hydrogen-bond donors (Lipinski definition) is 12. The molecular formula is C32H53Cl2N11O13S. The van der Waals surface area contributed by atoms with Crippen LogP contribution in [0.1, 0.15) is 59.3 Å². The standard InChI is InChI=1S/C32H51N11O13S.2ClH/c1-14(33)24(48)39-15(2)25(49)40-16(3)26(50)41-19(7-5-9-37-31(35)36)20(45)10-22(47)56-11-17-12-57-30-32(38-13-44,29(55)43(30)23(17)28(53)54)42-21(46)8-4-6-18(34)27(51)52;;/h13-16,18-20,30,45H,4-12,33-34H2,1-3H3,(H,38,44)(H,39,48)(H,40,49)(H,41,50)(H,42,46)(H,51,52)(H,53,54)(H4,35,36,37);2*1H. The van der Waals surface area contributed by atoms with Gasteiger partial charge in [-0.2, -0.15) is 0 Å². The van der Waals surface area contributed by atoms with Crippen molar-refractivity contribution in [3.05, 3.63) is 11.3 Å². The molecule has 0 saturated carbocycles. The quantitative estimate of drug-likeness (QED) is 0.00825. The van der Waals surface area contributed by atoms with Crippen molar-refractivity contribution in [1.29, 1.82) is 0 Å². The summed E-state index contributed by atoms with van der Waals surface area (Å²) in [7, 11) is 0. The molecule has 1 saturated heterocycles. The number of nitrogens with one attached hydrogen (secondary N) is 5. The number of rotatable bonds is 24. The van der Waals surface area contributed by atoms with Crippen LogP contribution in [0.2, 0.25) is 0 Å². The molecule has 6 amide bonds. The number of carbonyl (C=O) groups is 9. The fourth-order valence-electron chi connectivity index (χ4n) is 5.54. The topological polar surface area (TPSA) is 403 Å². The summed E-state index contributed by atoms with van der Waals surface area (Å²) in [5.41, 5.74) is 19.1. The zero-order valence-corrected chi connectivity index (χ0v) is 34.8. The molecule has 0 spiro atoms. The number of β-lactam (4-membered cyclic amide) rings is 1. The van der Waals surface area contributed by atoms with Gasteiger partial charge in [-0.05, 0) is 46.5 Å². The smallest absolute Gasteiger partial charge is 0.352 e. The highest BCUT2D eigenvalue weighted by molar-refractivity contribution is 8.00. The lowest BCUT2D eigenvalue weighted by atomic mass is 9.94. The van der Waals surface area contributed by atoms with Gasteiger partial charge in [-0.15, -0.1) is 36.6 Å². The first-order valence-electron chi connectivity index (χ1n) is 17.6. The Morgan fingerprint density at radius 3 is 2.10 bits per heavy atom. The van der Waals surface area contributed by atoms with Gasteiger partial charge in [-0.3, -0.25) is 48.2 Å². The van der Waals surface area contributed by atoms with Crippen LogP contribution < -0.4 is 49.5 Å². The normalized spacial score (nSPS) is 19.7. The highest BCUT2D eigenvalue weighted by Gasteiger charge is 2.66. The first-order chi connectivity index (χ1) is 26.7. The Hall–Kier alpha value is -4.95. The van der Waals surface area contributed by atoms with Gasteiger partial charge in [0, 0.05) is 24.3 Å². The summed E-state index contributed by atoms with van der Waals surface area (Å²) in [6.07, 6.45) is -2.10. The molecule has 0 aromatic carbocycles. The molecule has 334 valence electrons. The number of carbonyl (C=O) groups excluding carboxylic acids is 7. The third-order valence-corrected chi connectivity index (χ3v) is 10.1. The van der Waals surface area contributed by atoms with E-state index in [9.17, 15) is 53.4 Å². The molecule has 2 aliphatic heterocycles. The number of nitrogens with zero attached hydrogens (tertiary/aromatic N) is 2. The maximum absolute atomic E-state index is 13.4. The van der Waals surface area contributed by atoms with Gasteiger partial charge in [0.2, 0.25) is 35.7 Å². The number of esters is 1. The number of halogens is 2. The van der Waals surface area contributed by atoms with Crippen molar-refractivity contribution in [2.75, 3.05) is 18.9 Å². The number of fused-ring (bicyclic) bond motifs is 1. The second-order valence-corrected chi connectivity index (χ2v) is 14.4. The van der Waals surface area contributed by atoms with E-state index in [1.807, 2.05) is 0 Å². The molecule has 0 aromatic rings. The van der Waals surface area contributed by atoms with Crippen molar-refractivity contribution >= 4 is 96.4 Å². The monoisotopic (exact) mass is 901 g/mol. The summed E-state index contributed by atoms with van der Waals surface area (Å²) in [4.78, 5) is 116. The van der Waals surface area contributed by atoms with Gasteiger partial charge in [0.15, 0.2) is 5.96 Å². The van der Waals surface area contributed by atoms with E-state index in [2.05, 4.69) is 31.6 Å². The largest absolute Gasteiger partial charge is 0.480 e. The summed E-state index contributed by atoms with van der Waals surface area (Å²) in [6.45, 7) is 3.62. The van der Waals surface area contributed by atoms with Crippen LogP contribution in [0.5, 0.6) is 0 Å². The molecule has 0 aromatic heterocycles. The van der Waals surface area contributed by atoms with Gasteiger partial charge >= 0.3 is 17.9 Å². The molecule has 27 heteroatoms. The molecular weight excluding hydrogens is 849 g/mol. The van der Waals surface area contributed by atoms with Crippen LogP contribution in [0.4, 0.5) is 0 Å². The Balaban J connectivity index is 0.0000168. The highest BCUT2D eigenvalue weighted by Crippen LogP contribution is 2.45. The molecule has 16 N–H and O–H groups in total. The molecule has 0 aliphatic carbocycles. The van der Waals surface area contributed by atoms with Crippen LogP contribution in [-0.4, -0.2) is 146 Å². The maximum Gasteiger partial charge on any atom is 0.352 e. The Morgan fingerprint density at radius 2 is 1.56 bits per heavy atom. The molecule has 1 fully saturated rings.